The Kier molecular flexibility index (Phi) is 47.0. The zero-order valence-electron chi connectivity index (χ0n) is 38.9. The van der Waals surface area contributed by atoms with Gasteiger partial charge in [-0.15, -0.1) is 0 Å². The number of carbonyl (C=O) groups is 1. The van der Waals surface area contributed by atoms with Crippen LogP contribution < -0.4 is 5.32 Å². The average molecular weight is 816 g/mol. The van der Waals surface area contributed by atoms with Gasteiger partial charge in [-0.1, -0.05) is 224 Å². The number of carbonyl (C=O) groups excluding carboxylic acids is 1. The molecule has 0 aromatic carbocycles. The van der Waals surface area contributed by atoms with E-state index in [0.717, 1.165) is 44.9 Å². The van der Waals surface area contributed by atoms with E-state index in [1.807, 2.05) is 0 Å². The Bertz CT molecular complexity index is 901. The maximum Gasteiger partial charge on any atom is 0.220 e. The van der Waals surface area contributed by atoms with Crippen LogP contribution in [0.1, 0.15) is 271 Å². The minimum absolute atomic E-state index is 0.161. The molecule has 0 aromatic heterocycles. The summed E-state index contributed by atoms with van der Waals surface area (Å²) in [6.07, 6.45) is 61.4. The van der Waals surface area contributed by atoms with Gasteiger partial charge >= 0.3 is 0 Å². The topological polar surface area (TPSA) is 89.8 Å². The third-order valence-electron chi connectivity index (χ3n) is 11.9. The van der Waals surface area contributed by atoms with Crippen LogP contribution in [0.5, 0.6) is 0 Å². The van der Waals surface area contributed by atoms with E-state index >= 15 is 0 Å². The number of unbranched alkanes of at least 4 members (excludes halogenated alkanes) is 33. The van der Waals surface area contributed by atoms with E-state index in [-0.39, 0.29) is 12.5 Å². The van der Waals surface area contributed by atoms with E-state index < -0.39 is 18.2 Å². The van der Waals surface area contributed by atoms with E-state index in [9.17, 15) is 20.1 Å². The first-order valence-electron chi connectivity index (χ1n) is 25.8. The summed E-state index contributed by atoms with van der Waals surface area (Å²) in [6, 6.07) is -0.835. The molecule has 0 fully saturated rings. The van der Waals surface area contributed by atoms with Crippen molar-refractivity contribution >= 4 is 5.91 Å². The van der Waals surface area contributed by atoms with Gasteiger partial charge in [0.15, 0.2) is 0 Å². The van der Waals surface area contributed by atoms with Gasteiger partial charge in [-0.2, -0.15) is 0 Å². The van der Waals surface area contributed by atoms with Crippen molar-refractivity contribution in [1.29, 1.82) is 0 Å². The summed E-state index contributed by atoms with van der Waals surface area (Å²) in [6.45, 7) is 4.18. The van der Waals surface area contributed by atoms with Gasteiger partial charge in [0, 0.05) is 6.42 Å². The zero-order chi connectivity index (χ0) is 42.3. The number of allylic oxidation sites excluding steroid dienone is 6. The summed E-state index contributed by atoms with van der Waals surface area (Å²) in [5, 5.41) is 33.6. The van der Waals surface area contributed by atoms with E-state index in [4.69, 9.17) is 0 Å². The molecule has 342 valence electrons. The normalized spacial score (nSPS) is 13.7. The summed E-state index contributed by atoms with van der Waals surface area (Å²) < 4.78 is 0. The minimum Gasteiger partial charge on any atom is -0.394 e. The summed E-state index contributed by atoms with van der Waals surface area (Å²) >= 11 is 0. The van der Waals surface area contributed by atoms with Gasteiger partial charge in [-0.05, 0) is 77.0 Å². The van der Waals surface area contributed by atoms with Gasteiger partial charge in [-0.3, -0.25) is 4.79 Å². The highest BCUT2D eigenvalue weighted by Crippen LogP contribution is 2.16. The Morgan fingerprint density at radius 1 is 0.414 bits per heavy atom. The highest BCUT2D eigenvalue weighted by Gasteiger charge is 2.26. The second kappa shape index (κ2) is 48.2. The molecule has 0 radical (unpaired) electrons. The van der Waals surface area contributed by atoms with Gasteiger partial charge in [0.05, 0.1) is 18.8 Å². The molecule has 0 saturated carbocycles. The molecule has 0 rings (SSSR count). The van der Waals surface area contributed by atoms with E-state index in [2.05, 4.69) is 55.6 Å². The standard InChI is InChI=1S/C53H101NO4/c1-3-5-7-9-11-13-15-17-19-21-23-25-26-27-28-29-31-33-35-37-39-41-43-45-47-51(56)53(58)50(49-55)54-52(57)48-46-44-42-40-38-36-34-32-30-24-22-20-18-16-14-12-10-8-6-4-2/h24,30-31,33,39,41,50-51,53,55-56,58H,3-23,25-29,32,34-38,40,42-49H2,1-2H3,(H,54,57)/b30-24-,33-31+,41-39+. The van der Waals surface area contributed by atoms with Gasteiger partial charge in [0.25, 0.3) is 0 Å². The Morgan fingerprint density at radius 2 is 0.707 bits per heavy atom. The highest BCUT2D eigenvalue weighted by molar-refractivity contribution is 5.76. The average Bonchev–Trinajstić information content (AvgIpc) is 3.23. The van der Waals surface area contributed by atoms with Crippen molar-refractivity contribution < 1.29 is 20.1 Å². The van der Waals surface area contributed by atoms with Crippen molar-refractivity contribution in [1.82, 2.24) is 5.32 Å². The van der Waals surface area contributed by atoms with Crippen LogP contribution in [-0.2, 0) is 4.79 Å². The summed E-state index contributed by atoms with van der Waals surface area (Å²) in [5.74, 6) is -0.161. The van der Waals surface area contributed by atoms with Crippen molar-refractivity contribution in [2.75, 3.05) is 6.61 Å². The molecular formula is C53H101NO4. The number of hydrogen-bond acceptors (Lipinski definition) is 4. The lowest BCUT2D eigenvalue weighted by Gasteiger charge is -2.26. The van der Waals surface area contributed by atoms with E-state index in [1.165, 1.54) is 199 Å². The Hall–Kier alpha value is -1.43. The number of nitrogens with one attached hydrogen (secondary N) is 1. The summed E-state index contributed by atoms with van der Waals surface area (Å²) in [5.41, 5.74) is 0. The molecule has 0 aromatic rings. The molecule has 0 aliphatic carbocycles. The molecule has 0 saturated heterocycles. The van der Waals surface area contributed by atoms with Crippen LogP contribution in [0.3, 0.4) is 0 Å². The molecule has 0 aliphatic heterocycles. The number of rotatable bonds is 47. The molecule has 4 N–H and O–H groups in total. The first-order chi connectivity index (χ1) is 28.6. The first-order valence-corrected chi connectivity index (χ1v) is 25.8. The smallest absolute Gasteiger partial charge is 0.220 e. The molecule has 5 heteroatoms. The summed E-state index contributed by atoms with van der Waals surface area (Å²) in [7, 11) is 0. The number of amides is 1. The molecule has 0 bridgehead atoms. The first kappa shape index (κ1) is 56.6. The van der Waals surface area contributed by atoms with Gasteiger partial charge in [0.1, 0.15) is 6.10 Å². The van der Waals surface area contributed by atoms with Crippen molar-refractivity contribution in [3.63, 3.8) is 0 Å². The molecule has 58 heavy (non-hydrogen) atoms. The van der Waals surface area contributed by atoms with Crippen LogP contribution in [0.4, 0.5) is 0 Å². The fourth-order valence-corrected chi connectivity index (χ4v) is 7.94. The summed E-state index contributed by atoms with van der Waals surface area (Å²) in [4.78, 5) is 12.5. The number of hydrogen-bond donors (Lipinski definition) is 4. The maximum atomic E-state index is 12.5. The third-order valence-corrected chi connectivity index (χ3v) is 11.9. The van der Waals surface area contributed by atoms with E-state index in [0.29, 0.717) is 12.8 Å². The van der Waals surface area contributed by atoms with Crippen LogP contribution in [0.25, 0.3) is 0 Å². The minimum atomic E-state index is -1.17. The highest BCUT2D eigenvalue weighted by atomic mass is 16.3. The van der Waals surface area contributed by atoms with Crippen molar-refractivity contribution in [3.8, 4) is 0 Å². The third kappa shape index (κ3) is 42.7. The Labute approximate surface area is 362 Å². The van der Waals surface area contributed by atoms with Crippen molar-refractivity contribution in [2.45, 2.75) is 289 Å². The molecule has 0 heterocycles. The number of aliphatic hydroxyl groups is 3. The molecule has 0 spiro atoms. The zero-order valence-corrected chi connectivity index (χ0v) is 38.9. The number of aliphatic hydroxyl groups excluding tert-OH is 3. The lowest BCUT2D eigenvalue weighted by atomic mass is 10.0. The van der Waals surface area contributed by atoms with Crippen molar-refractivity contribution in [3.05, 3.63) is 36.5 Å². The Balaban J connectivity index is 3.64. The second-order valence-electron chi connectivity index (χ2n) is 17.7. The van der Waals surface area contributed by atoms with Crippen LogP contribution >= 0.6 is 0 Å². The van der Waals surface area contributed by atoms with Crippen molar-refractivity contribution in [2.24, 2.45) is 0 Å². The monoisotopic (exact) mass is 816 g/mol. The molecule has 3 unspecified atom stereocenters. The quantitative estimate of drug-likeness (QED) is 0.0364. The lowest BCUT2D eigenvalue weighted by Crippen LogP contribution is -2.50. The van der Waals surface area contributed by atoms with E-state index in [1.54, 1.807) is 0 Å². The molecule has 1 amide bonds. The van der Waals surface area contributed by atoms with Gasteiger partial charge in [-0.25, -0.2) is 0 Å². The van der Waals surface area contributed by atoms with Gasteiger partial charge < -0.3 is 20.6 Å². The molecular weight excluding hydrogens is 715 g/mol. The fraction of sp³-hybridized carbons (Fsp3) is 0.868. The van der Waals surface area contributed by atoms with Crippen LogP contribution in [0.2, 0.25) is 0 Å². The molecule has 3 atom stereocenters. The molecule has 0 aliphatic rings. The predicted molar refractivity (Wildman–Crippen MR) is 254 cm³/mol. The molecule has 5 nitrogen and oxygen atoms in total. The predicted octanol–water partition coefficient (Wildman–Crippen LogP) is 15.5. The van der Waals surface area contributed by atoms with Crippen LogP contribution in [0, 0.1) is 0 Å². The Morgan fingerprint density at radius 3 is 1.05 bits per heavy atom. The second-order valence-corrected chi connectivity index (χ2v) is 17.7. The van der Waals surface area contributed by atoms with Gasteiger partial charge in [0.2, 0.25) is 5.91 Å². The van der Waals surface area contributed by atoms with Crippen LogP contribution in [-0.4, -0.2) is 46.1 Å². The lowest BCUT2D eigenvalue weighted by molar-refractivity contribution is -0.124. The maximum absolute atomic E-state index is 12.5. The van der Waals surface area contributed by atoms with Crippen LogP contribution in [0.15, 0.2) is 36.5 Å². The largest absolute Gasteiger partial charge is 0.394 e. The fourth-order valence-electron chi connectivity index (χ4n) is 7.94. The SMILES string of the molecule is CCCCCCCCCCC/C=C\CCCCCCCCCC(=O)NC(CO)C(O)C(O)CCC/C=C/CC/C=C/CCCCCCCCCCCCCCCCC.